The Hall–Kier alpha value is -0.600. The molecule has 2 nitrogen and oxygen atoms in total. The average Bonchev–Trinajstić information content (AvgIpc) is 2.83. The minimum absolute atomic E-state index is 0.103. The fraction of sp³-hybridized carbons (Fsp3) is 0.909. The molecule has 0 heterocycles. The molecule has 0 spiro atoms. The summed E-state index contributed by atoms with van der Waals surface area (Å²) in [6.45, 7) is 7.53. The zero-order valence-corrected chi connectivity index (χ0v) is 9.43. The Kier molecular flexibility index (Phi) is 3.17. The largest absolute Gasteiger partial charge is 0.353 e. The third kappa shape index (κ3) is 2.07. The lowest BCUT2D eigenvalue weighted by atomic mass is 9.98. The first kappa shape index (κ1) is 11.5. The number of halogens is 1. The Balaban J connectivity index is 2.51. The molecular weight excluding hydrogens is 181 g/mol. The van der Waals surface area contributed by atoms with E-state index in [0.29, 0.717) is 18.8 Å². The second-order valence-electron chi connectivity index (χ2n) is 4.78. The number of hydrogen-bond acceptors (Lipinski definition) is 1. The van der Waals surface area contributed by atoms with Crippen LogP contribution in [0, 0.1) is 11.3 Å². The second-order valence-corrected chi connectivity index (χ2v) is 4.78. The molecule has 2 atom stereocenters. The summed E-state index contributed by atoms with van der Waals surface area (Å²) in [5, 5.41) is 2.88. The number of amides is 1. The van der Waals surface area contributed by atoms with E-state index in [-0.39, 0.29) is 11.9 Å². The number of rotatable bonds is 4. The van der Waals surface area contributed by atoms with E-state index in [1.165, 1.54) is 6.92 Å². The maximum Gasteiger partial charge on any atom is 0.229 e. The number of nitrogens with one attached hydrogen (secondary N) is 1. The summed E-state index contributed by atoms with van der Waals surface area (Å²) in [4.78, 5) is 11.7. The molecule has 0 aliphatic heterocycles. The number of hydrogen-bond donors (Lipinski definition) is 1. The minimum atomic E-state index is -1.03. The van der Waals surface area contributed by atoms with Crippen molar-refractivity contribution >= 4 is 5.91 Å². The van der Waals surface area contributed by atoms with Crippen LogP contribution in [0.5, 0.6) is 0 Å². The first-order valence-corrected chi connectivity index (χ1v) is 5.35. The van der Waals surface area contributed by atoms with Gasteiger partial charge in [-0.2, -0.15) is 0 Å². The smallest absolute Gasteiger partial charge is 0.229 e. The van der Waals surface area contributed by atoms with Crippen molar-refractivity contribution in [2.45, 2.75) is 52.8 Å². The highest BCUT2D eigenvalue weighted by molar-refractivity contribution is 5.86. The molecule has 0 aromatic rings. The van der Waals surface area contributed by atoms with Crippen LogP contribution in [0.1, 0.15) is 40.5 Å². The molecule has 1 fully saturated rings. The van der Waals surface area contributed by atoms with Crippen LogP contribution in [-0.2, 0) is 4.79 Å². The van der Waals surface area contributed by atoms with Crippen LogP contribution in [0.4, 0.5) is 4.39 Å². The molecule has 1 unspecified atom stereocenters. The van der Waals surface area contributed by atoms with Crippen LogP contribution in [0.25, 0.3) is 0 Å². The van der Waals surface area contributed by atoms with Gasteiger partial charge in [-0.1, -0.05) is 13.8 Å². The molecule has 82 valence electrons. The Morgan fingerprint density at radius 3 is 2.07 bits per heavy atom. The van der Waals surface area contributed by atoms with Crippen LogP contribution >= 0.6 is 0 Å². The third-order valence-corrected chi connectivity index (χ3v) is 3.36. The summed E-state index contributed by atoms with van der Waals surface area (Å²) in [7, 11) is 0. The maximum atomic E-state index is 13.2. The molecule has 0 radical (unpaired) electrons. The molecule has 3 heteroatoms. The lowest BCUT2D eigenvalue weighted by Gasteiger charge is -2.22. The molecule has 1 aliphatic rings. The zero-order valence-electron chi connectivity index (χ0n) is 9.43. The van der Waals surface area contributed by atoms with Gasteiger partial charge in [0, 0.05) is 6.04 Å². The van der Waals surface area contributed by atoms with Crippen LogP contribution in [0.2, 0.25) is 0 Å². The first-order valence-electron chi connectivity index (χ1n) is 5.35. The lowest BCUT2D eigenvalue weighted by molar-refractivity contribution is -0.129. The van der Waals surface area contributed by atoms with E-state index in [0.717, 1.165) is 0 Å². The van der Waals surface area contributed by atoms with Gasteiger partial charge in [0.25, 0.3) is 0 Å². The molecule has 1 N–H and O–H groups in total. The van der Waals surface area contributed by atoms with Crippen molar-refractivity contribution in [3.8, 4) is 0 Å². The van der Waals surface area contributed by atoms with Gasteiger partial charge in [0.1, 0.15) is 6.17 Å². The predicted molar refractivity (Wildman–Crippen MR) is 54.7 cm³/mol. The van der Waals surface area contributed by atoms with E-state index in [1.807, 2.05) is 20.8 Å². The molecular formula is C11H20FNO. The highest BCUT2D eigenvalue weighted by atomic mass is 19.1. The van der Waals surface area contributed by atoms with Crippen molar-refractivity contribution in [3.63, 3.8) is 0 Å². The van der Waals surface area contributed by atoms with Gasteiger partial charge >= 0.3 is 0 Å². The Bertz CT molecular complexity index is 221. The van der Waals surface area contributed by atoms with Crippen molar-refractivity contribution in [2.75, 3.05) is 0 Å². The molecule has 1 saturated carbocycles. The van der Waals surface area contributed by atoms with Crippen molar-refractivity contribution in [3.05, 3.63) is 0 Å². The van der Waals surface area contributed by atoms with Crippen LogP contribution in [0.3, 0.4) is 0 Å². The second kappa shape index (κ2) is 3.87. The number of alkyl halides is 1. The highest BCUT2D eigenvalue weighted by Gasteiger charge is 2.54. The standard InChI is InChI=1S/C11H20FNO/c1-7(2)8(3)13-10(14)11(5-6-11)9(4)12/h7-9H,5-6H2,1-4H3,(H,13,14)/t8-,9?/m1/s1. The lowest BCUT2D eigenvalue weighted by Crippen LogP contribution is -2.43. The average molecular weight is 201 g/mol. The van der Waals surface area contributed by atoms with E-state index < -0.39 is 11.6 Å². The Morgan fingerprint density at radius 1 is 1.29 bits per heavy atom. The molecule has 0 saturated heterocycles. The van der Waals surface area contributed by atoms with Crippen molar-refractivity contribution in [1.29, 1.82) is 0 Å². The van der Waals surface area contributed by atoms with Crippen molar-refractivity contribution in [2.24, 2.45) is 11.3 Å². The van der Waals surface area contributed by atoms with Gasteiger partial charge in [-0.05, 0) is 32.6 Å². The topological polar surface area (TPSA) is 29.1 Å². The molecule has 1 amide bonds. The van der Waals surface area contributed by atoms with Crippen molar-refractivity contribution < 1.29 is 9.18 Å². The molecule has 1 aliphatic carbocycles. The zero-order chi connectivity index (χ0) is 10.9. The van der Waals surface area contributed by atoms with Gasteiger partial charge in [-0.3, -0.25) is 4.79 Å². The summed E-state index contributed by atoms with van der Waals surface area (Å²) >= 11 is 0. The molecule has 0 aromatic carbocycles. The minimum Gasteiger partial charge on any atom is -0.353 e. The number of carbonyl (C=O) groups is 1. The van der Waals surface area contributed by atoms with Crippen LogP contribution in [0.15, 0.2) is 0 Å². The van der Waals surface area contributed by atoms with Gasteiger partial charge < -0.3 is 5.32 Å². The van der Waals surface area contributed by atoms with Gasteiger partial charge in [-0.15, -0.1) is 0 Å². The Labute approximate surface area is 85.3 Å². The summed E-state index contributed by atoms with van der Waals surface area (Å²) in [5.74, 6) is 0.290. The maximum absolute atomic E-state index is 13.2. The monoisotopic (exact) mass is 201 g/mol. The summed E-state index contributed by atoms with van der Waals surface area (Å²) in [5.41, 5.74) is -0.691. The van der Waals surface area contributed by atoms with Gasteiger partial charge in [-0.25, -0.2) is 4.39 Å². The highest BCUT2D eigenvalue weighted by Crippen LogP contribution is 2.50. The van der Waals surface area contributed by atoms with Gasteiger partial charge in [0.05, 0.1) is 5.41 Å². The Morgan fingerprint density at radius 2 is 1.79 bits per heavy atom. The van der Waals surface area contributed by atoms with Gasteiger partial charge in [0.15, 0.2) is 0 Å². The van der Waals surface area contributed by atoms with E-state index in [9.17, 15) is 9.18 Å². The van der Waals surface area contributed by atoms with Gasteiger partial charge in [0.2, 0.25) is 5.91 Å². The van der Waals surface area contributed by atoms with Crippen molar-refractivity contribution in [1.82, 2.24) is 5.32 Å². The van der Waals surface area contributed by atoms with E-state index >= 15 is 0 Å². The third-order valence-electron chi connectivity index (χ3n) is 3.36. The molecule has 14 heavy (non-hydrogen) atoms. The van der Waals surface area contributed by atoms with E-state index in [4.69, 9.17) is 0 Å². The normalized spacial score (nSPS) is 23.0. The summed E-state index contributed by atoms with van der Waals surface area (Å²) in [6.07, 6.45) is 0.365. The summed E-state index contributed by atoms with van der Waals surface area (Å²) in [6, 6.07) is 0.124. The van der Waals surface area contributed by atoms with Crippen LogP contribution in [-0.4, -0.2) is 18.1 Å². The fourth-order valence-electron chi connectivity index (χ4n) is 1.46. The number of carbonyl (C=O) groups excluding carboxylic acids is 1. The molecule has 0 bridgehead atoms. The van der Waals surface area contributed by atoms with E-state index in [1.54, 1.807) is 0 Å². The SMILES string of the molecule is CC(C)[C@@H](C)NC(=O)C1(C(C)F)CC1. The van der Waals surface area contributed by atoms with Crippen LogP contribution < -0.4 is 5.32 Å². The quantitative estimate of drug-likeness (QED) is 0.743. The molecule has 0 aromatic heterocycles. The first-order chi connectivity index (χ1) is 6.40. The predicted octanol–water partition coefficient (Wildman–Crippen LogP) is 2.29. The molecule has 1 rings (SSSR count). The summed E-state index contributed by atoms with van der Waals surface area (Å²) < 4.78 is 13.2. The fourth-order valence-corrected chi connectivity index (χ4v) is 1.46. The van der Waals surface area contributed by atoms with E-state index in [2.05, 4.69) is 5.32 Å².